The summed E-state index contributed by atoms with van der Waals surface area (Å²) < 4.78 is 5.59. The third-order valence-corrected chi connectivity index (χ3v) is 11.1. The first-order chi connectivity index (χ1) is 27.8. The number of para-hydroxylation sites is 2. The van der Waals surface area contributed by atoms with E-state index in [0.29, 0.717) is 61.5 Å². The van der Waals surface area contributed by atoms with Crippen LogP contribution in [0.25, 0.3) is 44.6 Å². The molecule has 1 amide bonds. The molecule has 12 nitrogen and oxygen atoms in total. The van der Waals surface area contributed by atoms with E-state index in [1.807, 2.05) is 37.3 Å². The minimum absolute atomic E-state index is 0.158. The number of aromatic nitrogens is 4. The van der Waals surface area contributed by atoms with Crippen molar-refractivity contribution in [2.24, 2.45) is 5.92 Å². The van der Waals surface area contributed by atoms with Crippen LogP contribution in [0, 0.1) is 19.8 Å². The summed E-state index contributed by atoms with van der Waals surface area (Å²) >= 11 is 0. The van der Waals surface area contributed by atoms with Gasteiger partial charge in [0.15, 0.2) is 11.6 Å². The van der Waals surface area contributed by atoms with Crippen molar-refractivity contribution in [3.8, 4) is 34.3 Å². The first-order valence-electron chi connectivity index (χ1n) is 20.1. The first-order valence-corrected chi connectivity index (χ1v) is 20.1. The van der Waals surface area contributed by atoms with Crippen LogP contribution in [0.15, 0.2) is 84.9 Å². The number of rotatable bonds is 6. The van der Waals surface area contributed by atoms with Crippen molar-refractivity contribution in [1.29, 1.82) is 0 Å². The fraction of sp³-hybridized carbons (Fsp3) is 0.356. The first kappa shape index (κ1) is 37.9. The fourth-order valence-electron chi connectivity index (χ4n) is 7.93. The maximum absolute atomic E-state index is 12.6. The number of phenols is 2. The van der Waals surface area contributed by atoms with E-state index in [9.17, 15) is 15.0 Å². The molecule has 0 atom stereocenters. The summed E-state index contributed by atoms with van der Waals surface area (Å²) in [6, 6.07) is 26.8. The van der Waals surface area contributed by atoms with Crippen LogP contribution in [0.5, 0.6) is 11.5 Å². The summed E-state index contributed by atoms with van der Waals surface area (Å²) in [5, 5.41) is 26.0. The number of piperazine rings is 2. The number of nitrogens with zero attached hydrogens (tertiary/aromatic N) is 7. The van der Waals surface area contributed by atoms with Crippen LogP contribution in [-0.4, -0.2) is 100 Å². The fourth-order valence-corrected chi connectivity index (χ4v) is 7.93. The quantitative estimate of drug-likeness (QED) is 0.156. The Kier molecular flexibility index (Phi) is 11.3. The summed E-state index contributed by atoms with van der Waals surface area (Å²) in [6.45, 7) is 10.9. The van der Waals surface area contributed by atoms with E-state index in [1.54, 1.807) is 29.2 Å². The lowest BCUT2D eigenvalue weighted by molar-refractivity contribution is 0.0864. The van der Waals surface area contributed by atoms with Crippen LogP contribution in [-0.2, 0) is 4.74 Å². The Morgan fingerprint density at radius 1 is 0.667 bits per heavy atom. The largest absolute Gasteiger partial charge is 0.507 e. The molecule has 1 saturated carbocycles. The van der Waals surface area contributed by atoms with E-state index >= 15 is 0 Å². The second-order valence-electron chi connectivity index (χ2n) is 15.3. The Labute approximate surface area is 333 Å². The van der Waals surface area contributed by atoms with Crippen molar-refractivity contribution in [3.05, 3.63) is 96.1 Å². The van der Waals surface area contributed by atoms with Gasteiger partial charge in [0.1, 0.15) is 23.1 Å². The number of nitrogens with one attached hydrogen (secondary N) is 1. The molecule has 2 aliphatic heterocycles. The van der Waals surface area contributed by atoms with Gasteiger partial charge in [0.2, 0.25) is 0 Å². The average molecular weight is 767 g/mol. The Balaban J connectivity index is 0.000000168. The van der Waals surface area contributed by atoms with E-state index in [-0.39, 0.29) is 17.6 Å². The Bertz CT molecular complexity index is 2370. The summed E-state index contributed by atoms with van der Waals surface area (Å²) in [7, 11) is 0. The second kappa shape index (κ2) is 17.0. The average Bonchev–Trinajstić information content (AvgIpc) is 3.77. The summed E-state index contributed by atoms with van der Waals surface area (Å²) in [6.07, 6.45) is 4.62. The smallest absolute Gasteiger partial charge is 0.409 e. The van der Waals surface area contributed by atoms with Crippen molar-refractivity contribution in [2.75, 3.05) is 68.8 Å². The number of hydrogen-bond acceptors (Lipinski definition) is 11. The van der Waals surface area contributed by atoms with E-state index < -0.39 is 0 Å². The summed E-state index contributed by atoms with van der Waals surface area (Å²) in [5.41, 5.74) is 5.31. The van der Waals surface area contributed by atoms with Gasteiger partial charge in [0.05, 0.1) is 28.8 Å². The number of phenolic OH excluding ortho intramolecular Hbond substituents is 2. The number of fused-ring (bicyclic) bond motifs is 2. The normalized spacial score (nSPS) is 16.1. The van der Waals surface area contributed by atoms with Crippen molar-refractivity contribution in [3.63, 3.8) is 0 Å². The van der Waals surface area contributed by atoms with Gasteiger partial charge >= 0.3 is 6.09 Å². The van der Waals surface area contributed by atoms with Crippen molar-refractivity contribution >= 4 is 39.5 Å². The number of carbonyl (C=O) groups excluding carboxylic acids is 1. The molecule has 2 aromatic heterocycles. The van der Waals surface area contributed by atoms with Crippen LogP contribution < -0.4 is 15.1 Å². The van der Waals surface area contributed by atoms with Crippen molar-refractivity contribution in [2.45, 2.75) is 39.5 Å². The molecule has 1 aliphatic carbocycles. The Hall–Kier alpha value is -6.01. The highest BCUT2D eigenvalue weighted by atomic mass is 16.6. The van der Waals surface area contributed by atoms with Gasteiger partial charge in [-0.15, -0.1) is 0 Å². The van der Waals surface area contributed by atoms with Gasteiger partial charge in [0.25, 0.3) is 0 Å². The number of benzene rings is 4. The number of aromatic hydroxyl groups is 2. The molecule has 294 valence electrons. The predicted octanol–water partition coefficient (Wildman–Crippen LogP) is 7.48. The van der Waals surface area contributed by atoms with E-state index in [1.165, 1.54) is 25.7 Å². The van der Waals surface area contributed by atoms with Gasteiger partial charge in [-0.25, -0.2) is 24.7 Å². The minimum Gasteiger partial charge on any atom is -0.507 e. The number of hydrogen-bond donors (Lipinski definition) is 3. The van der Waals surface area contributed by atoms with Gasteiger partial charge < -0.3 is 35.0 Å². The number of carbonyl (C=O) groups is 1. The molecule has 3 aliphatic rings. The van der Waals surface area contributed by atoms with Gasteiger partial charge in [0, 0.05) is 63.1 Å². The third-order valence-electron chi connectivity index (χ3n) is 11.1. The van der Waals surface area contributed by atoms with Crippen LogP contribution in [0.4, 0.5) is 16.4 Å². The zero-order valence-electron chi connectivity index (χ0n) is 32.7. The van der Waals surface area contributed by atoms with Gasteiger partial charge in [-0.2, -0.15) is 0 Å². The maximum Gasteiger partial charge on any atom is 0.409 e. The molecule has 0 unspecified atom stereocenters. The predicted molar refractivity (Wildman–Crippen MR) is 225 cm³/mol. The van der Waals surface area contributed by atoms with Crippen molar-refractivity contribution in [1.82, 2.24) is 30.2 Å². The van der Waals surface area contributed by atoms with Crippen LogP contribution in [0.2, 0.25) is 0 Å². The Morgan fingerprint density at radius 3 is 1.67 bits per heavy atom. The molecule has 12 heteroatoms. The van der Waals surface area contributed by atoms with Crippen LogP contribution in [0.3, 0.4) is 0 Å². The standard InChI is InChI=1S/C26H30N4O3.C19H20N4O/c1-18-10-11-20-22(16-18)27-24(21-8-4-5-9-23(21)31)28-25(20)29-12-14-30(15-13-29)26(32)33-17-19-6-2-3-7-19;1-13-6-7-14-16(12-13)21-18(15-4-2-3-5-17(15)24)22-19(14)23-10-8-20-9-11-23/h4-5,8-11,16,19,31H,2-3,6-7,12-15,17H2,1H3;2-7,12,20,24H,8-11H2,1H3. The van der Waals surface area contributed by atoms with E-state index in [4.69, 9.17) is 24.7 Å². The number of ether oxygens (including phenoxy) is 1. The number of anilines is 2. The molecule has 3 fully saturated rings. The molecule has 0 bridgehead atoms. The Morgan fingerprint density at radius 2 is 1.16 bits per heavy atom. The summed E-state index contributed by atoms with van der Waals surface area (Å²) in [5.74, 6) is 3.73. The van der Waals surface area contributed by atoms with Gasteiger partial charge in [-0.1, -0.05) is 49.2 Å². The third kappa shape index (κ3) is 8.56. The van der Waals surface area contributed by atoms with Gasteiger partial charge in [-0.05, 0) is 92.3 Å². The van der Waals surface area contributed by atoms with E-state index in [2.05, 4.69) is 52.4 Å². The molecule has 4 aromatic carbocycles. The van der Waals surface area contributed by atoms with Crippen LogP contribution in [0.1, 0.15) is 36.8 Å². The lowest BCUT2D eigenvalue weighted by Gasteiger charge is -2.35. The molecule has 0 spiro atoms. The second-order valence-corrected chi connectivity index (χ2v) is 15.3. The molecule has 9 rings (SSSR count). The topological polar surface area (TPSA) is 140 Å². The number of aryl methyl sites for hydroxylation is 2. The molecule has 2 saturated heterocycles. The zero-order valence-corrected chi connectivity index (χ0v) is 32.7. The maximum atomic E-state index is 12.6. The van der Waals surface area contributed by atoms with Gasteiger partial charge in [-0.3, -0.25) is 0 Å². The molecule has 6 aromatic rings. The van der Waals surface area contributed by atoms with Crippen LogP contribution >= 0.6 is 0 Å². The molecule has 57 heavy (non-hydrogen) atoms. The molecule has 0 radical (unpaired) electrons. The molecule has 3 N–H and O–H groups in total. The summed E-state index contributed by atoms with van der Waals surface area (Å²) in [4.78, 5) is 38.0. The molecular formula is C45H50N8O4. The molecule has 4 heterocycles. The minimum atomic E-state index is -0.209. The number of amides is 1. The highest BCUT2D eigenvalue weighted by Gasteiger charge is 2.27. The lowest BCUT2D eigenvalue weighted by Crippen LogP contribution is -2.49. The highest BCUT2D eigenvalue weighted by molar-refractivity contribution is 5.93. The monoisotopic (exact) mass is 766 g/mol. The SMILES string of the molecule is Cc1ccc2c(N3CCN(C(=O)OCC4CCCC4)CC3)nc(-c3ccccc3O)nc2c1.Cc1ccc2c(N3CCNCC3)nc(-c3ccccc3O)nc2c1. The van der Waals surface area contributed by atoms with Crippen molar-refractivity contribution < 1.29 is 19.7 Å². The molecular weight excluding hydrogens is 717 g/mol. The lowest BCUT2D eigenvalue weighted by atomic mass is 10.1. The highest BCUT2D eigenvalue weighted by Crippen LogP contribution is 2.34. The zero-order chi connectivity index (χ0) is 39.3. The van der Waals surface area contributed by atoms with E-state index in [0.717, 1.165) is 70.7 Å².